The van der Waals surface area contributed by atoms with E-state index in [1.165, 1.54) is 6.07 Å². The van der Waals surface area contributed by atoms with Crippen LogP contribution in [0.25, 0.3) is 0 Å². The Bertz CT molecular complexity index is 878. The quantitative estimate of drug-likeness (QED) is 0.535. The molecule has 1 aliphatic rings. The number of rotatable bonds is 8. The van der Waals surface area contributed by atoms with Gasteiger partial charge in [0.15, 0.2) is 0 Å². The molecule has 0 unspecified atom stereocenters. The summed E-state index contributed by atoms with van der Waals surface area (Å²) in [7, 11) is 0. The number of anilines is 3. The second-order valence-corrected chi connectivity index (χ2v) is 7.86. The molecule has 3 N–H and O–H groups in total. The number of aromatic nitrogens is 2. The average Bonchev–Trinajstić information content (AvgIpc) is 2.72. The van der Waals surface area contributed by atoms with Gasteiger partial charge in [-0.05, 0) is 18.2 Å². The SMILES string of the molecule is OCCN1CCN(CCNc2nc(Nc3ccc(Cl)c(Cl)c3)ncc2C(F)(F)F)CC1. The number of alkyl halides is 3. The van der Waals surface area contributed by atoms with Gasteiger partial charge < -0.3 is 15.7 Å². The van der Waals surface area contributed by atoms with E-state index in [0.29, 0.717) is 35.4 Å². The highest BCUT2D eigenvalue weighted by atomic mass is 35.5. The molecule has 0 bridgehead atoms. The van der Waals surface area contributed by atoms with E-state index >= 15 is 0 Å². The Hall–Kier alpha value is -1.85. The number of piperazine rings is 1. The molecule has 2 aromatic rings. The number of benzene rings is 1. The summed E-state index contributed by atoms with van der Waals surface area (Å²) in [6.45, 7) is 4.85. The minimum Gasteiger partial charge on any atom is -0.395 e. The van der Waals surface area contributed by atoms with Crippen molar-refractivity contribution in [1.82, 2.24) is 19.8 Å². The van der Waals surface area contributed by atoms with Crippen molar-refractivity contribution in [3.8, 4) is 0 Å². The van der Waals surface area contributed by atoms with Crippen LogP contribution in [0.3, 0.4) is 0 Å². The van der Waals surface area contributed by atoms with Gasteiger partial charge in [-0.1, -0.05) is 23.2 Å². The summed E-state index contributed by atoms with van der Waals surface area (Å²) < 4.78 is 40.2. The van der Waals surface area contributed by atoms with Crippen LogP contribution >= 0.6 is 23.2 Å². The van der Waals surface area contributed by atoms with Gasteiger partial charge in [0, 0.05) is 57.7 Å². The van der Waals surface area contributed by atoms with E-state index in [2.05, 4.69) is 30.4 Å². The molecule has 170 valence electrons. The van der Waals surface area contributed by atoms with Gasteiger partial charge in [-0.25, -0.2) is 4.98 Å². The average molecular weight is 479 g/mol. The highest BCUT2D eigenvalue weighted by molar-refractivity contribution is 6.42. The minimum atomic E-state index is -4.58. The Morgan fingerprint density at radius 2 is 1.71 bits per heavy atom. The summed E-state index contributed by atoms with van der Waals surface area (Å²) in [5.41, 5.74) is -0.430. The first-order chi connectivity index (χ1) is 14.8. The molecule has 7 nitrogen and oxygen atoms in total. The van der Waals surface area contributed by atoms with Crippen molar-refractivity contribution in [3.05, 3.63) is 40.0 Å². The van der Waals surface area contributed by atoms with Crippen molar-refractivity contribution in [2.75, 3.05) is 63.1 Å². The van der Waals surface area contributed by atoms with Gasteiger partial charge in [-0.2, -0.15) is 18.2 Å². The van der Waals surface area contributed by atoms with E-state index in [4.69, 9.17) is 28.3 Å². The molecule has 3 rings (SSSR count). The van der Waals surface area contributed by atoms with Crippen LogP contribution in [0.5, 0.6) is 0 Å². The number of hydrogen-bond acceptors (Lipinski definition) is 7. The van der Waals surface area contributed by atoms with Crippen LogP contribution in [-0.2, 0) is 6.18 Å². The Labute approximate surface area is 188 Å². The minimum absolute atomic E-state index is 0.00602. The zero-order chi connectivity index (χ0) is 22.4. The second-order valence-electron chi connectivity index (χ2n) is 7.04. The number of aliphatic hydroxyl groups excluding tert-OH is 1. The van der Waals surface area contributed by atoms with Gasteiger partial charge in [0.1, 0.15) is 11.4 Å². The molecule has 0 aliphatic carbocycles. The number of β-amino-alcohol motifs (C(OH)–C–C–N with tert-alkyl or cyclic N) is 1. The normalized spacial score (nSPS) is 15.8. The second kappa shape index (κ2) is 10.6. The number of halogens is 5. The van der Waals surface area contributed by atoms with Gasteiger partial charge >= 0.3 is 6.18 Å². The number of hydrogen-bond donors (Lipinski definition) is 3. The van der Waals surface area contributed by atoms with Crippen molar-refractivity contribution >= 4 is 40.7 Å². The summed E-state index contributed by atoms with van der Waals surface area (Å²) in [5.74, 6) is -0.282. The van der Waals surface area contributed by atoms with E-state index in [-0.39, 0.29) is 18.4 Å². The predicted octanol–water partition coefficient (Wildman–Crippen LogP) is 3.57. The lowest BCUT2D eigenvalue weighted by Gasteiger charge is -2.34. The van der Waals surface area contributed by atoms with Gasteiger partial charge in [-0.15, -0.1) is 0 Å². The molecule has 31 heavy (non-hydrogen) atoms. The van der Waals surface area contributed by atoms with E-state index < -0.39 is 11.7 Å². The zero-order valence-electron chi connectivity index (χ0n) is 16.6. The summed E-state index contributed by atoms with van der Waals surface area (Å²) in [6.07, 6.45) is -3.83. The summed E-state index contributed by atoms with van der Waals surface area (Å²) in [6, 6.07) is 4.73. The topological polar surface area (TPSA) is 76.6 Å². The summed E-state index contributed by atoms with van der Waals surface area (Å²) in [4.78, 5) is 12.1. The maximum absolute atomic E-state index is 13.4. The smallest absolute Gasteiger partial charge is 0.395 e. The Kier molecular flexibility index (Phi) is 8.17. The fraction of sp³-hybridized carbons (Fsp3) is 0.474. The van der Waals surface area contributed by atoms with Crippen LogP contribution in [0.15, 0.2) is 24.4 Å². The maximum Gasteiger partial charge on any atom is 0.421 e. The van der Waals surface area contributed by atoms with Crippen LogP contribution in [0.4, 0.5) is 30.6 Å². The Morgan fingerprint density at radius 3 is 2.32 bits per heavy atom. The third kappa shape index (κ3) is 6.81. The number of aliphatic hydroxyl groups is 1. The molecule has 1 aliphatic heterocycles. The molecule has 1 fully saturated rings. The van der Waals surface area contributed by atoms with Crippen LogP contribution < -0.4 is 10.6 Å². The molecule has 1 aromatic carbocycles. The van der Waals surface area contributed by atoms with Crippen LogP contribution in [-0.4, -0.2) is 77.3 Å². The number of nitrogens with zero attached hydrogens (tertiary/aromatic N) is 4. The molecule has 1 aromatic heterocycles. The lowest BCUT2D eigenvalue weighted by molar-refractivity contribution is -0.137. The highest BCUT2D eigenvalue weighted by Gasteiger charge is 2.35. The zero-order valence-corrected chi connectivity index (χ0v) is 18.1. The van der Waals surface area contributed by atoms with E-state index in [9.17, 15) is 13.2 Å². The lowest BCUT2D eigenvalue weighted by atomic mass is 10.3. The highest BCUT2D eigenvalue weighted by Crippen LogP contribution is 2.34. The molecule has 2 heterocycles. The van der Waals surface area contributed by atoms with Crippen LogP contribution in [0.1, 0.15) is 5.56 Å². The van der Waals surface area contributed by atoms with Gasteiger partial charge in [0.05, 0.1) is 16.7 Å². The fourth-order valence-electron chi connectivity index (χ4n) is 3.20. The van der Waals surface area contributed by atoms with Crippen molar-refractivity contribution in [2.24, 2.45) is 0 Å². The molecule has 0 spiro atoms. The largest absolute Gasteiger partial charge is 0.421 e. The predicted molar refractivity (Wildman–Crippen MR) is 115 cm³/mol. The number of nitrogens with one attached hydrogen (secondary N) is 2. The van der Waals surface area contributed by atoms with E-state index in [1.54, 1.807) is 12.1 Å². The van der Waals surface area contributed by atoms with E-state index in [0.717, 1.165) is 32.4 Å². The van der Waals surface area contributed by atoms with Crippen molar-refractivity contribution < 1.29 is 18.3 Å². The molecular formula is C19H23Cl2F3N6O. The molecule has 0 atom stereocenters. The van der Waals surface area contributed by atoms with Crippen molar-refractivity contribution in [2.45, 2.75) is 6.18 Å². The summed E-state index contributed by atoms with van der Waals surface area (Å²) >= 11 is 11.9. The third-order valence-corrected chi connectivity index (χ3v) is 5.61. The first-order valence-electron chi connectivity index (χ1n) is 9.72. The first-order valence-corrected chi connectivity index (χ1v) is 10.5. The van der Waals surface area contributed by atoms with Crippen LogP contribution in [0, 0.1) is 0 Å². The van der Waals surface area contributed by atoms with Gasteiger partial charge in [0.25, 0.3) is 0 Å². The molecule has 1 saturated heterocycles. The molecule has 0 amide bonds. The van der Waals surface area contributed by atoms with Crippen molar-refractivity contribution in [3.63, 3.8) is 0 Å². The molecule has 12 heteroatoms. The maximum atomic E-state index is 13.4. The van der Waals surface area contributed by atoms with E-state index in [1.807, 2.05) is 0 Å². The third-order valence-electron chi connectivity index (χ3n) is 4.87. The first kappa shape index (κ1) is 23.8. The van der Waals surface area contributed by atoms with Crippen molar-refractivity contribution in [1.29, 1.82) is 0 Å². The monoisotopic (exact) mass is 478 g/mol. The van der Waals surface area contributed by atoms with Crippen LogP contribution in [0.2, 0.25) is 10.0 Å². The fourth-order valence-corrected chi connectivity index (χ4v) is 3.50. The molecule has 0 saturated carbocycles. The Morgan fingerprint density at radius 1 is 1.03 bits per heavy atom. The molecule has 0 radical (unpaired) electrons. The van der Waals surface area contributed by atoms with Gasteiger partial charge in [0.2, 0.25) is 5.95 Å². The standard InChI is InChI=1S/C19H23Cl2F3N6O/c20-15-2-1-13(11-16(15)21)27-18-26-12-14(19(22,23)24)17(28-18)25-3-4-29-5-7-30(8-6-29)9-10-31/h1-2,11-12,31H,3-10H2,(H2,25,26,27,28). The Balaban J connectivity index is 1.64. The summed E-state index contributed by atoms with van der Waals surface area (Å²) in [5, 5.41) is 15.3. The lowest BCUT2D eigenvalue weighted by Crippen LogP contribution is -2.48. The van der Waals surface area contributed by atoms with Gasteiger partial charge in [-0.3, -0.25) is 9.80 Å². The molecular weight excluding hydrogens is 456 g/mol.